The molecule has 0 aliphatic carbocycles. The van der Waals surface area contributed by atoms with Gasteiger partial charge in [-0.2, -0.15) is 0 Å². The summed E-state index contributed by atoms with van der Waals surface area (Å²) in [6, 6.07) is 11.4. The fourth-order valence-electron chi connectivity index (χ4n) is 2.97. The van der Waals surface area contributed by atoms with Gasteiger partial charge < -0.3 is 25.3 Å². The normalized spacial score (nSPS) is 14.2. The number of nitrogens with one attached hydrogen (secondary N) is 2. The second kappa shape index (κ2) is 11.2. The van der Waals surface area contributed by atoms with Crippen molar-refractivity contribution >= 4 is 23.4 Å². The molecule has 0 unspecified atom stereocenters. The average molecular weight is 415 g/mol. The number of carbonyl (C=O) groups is 1. The van der Waals surface area contributed by atoms with E-state index in [9.17, 15) is 4.79 Å². The Kier molecular flexibility index (Phi) is 8.10. The molecule has 9 nitrogen and oxygen atoms in total. The lowest BCUT2D eigenvalue weighted by Crippen LogP contribution is -2.38. The molecule has 2 heterocycles. The summed E-state index contributed by atoms with van der Waals surface area (Å²) in [7, 11) is 0. The number of morpholine rings is 1. The molecule has 0 atom stereocenters. The van der Waals surface area contributed by atoms with E-state index in [4.69, 9.17) is 19.9 Å². The molecule has 1 aliphatic rings. The number of carbonyl (C=O) groups excluding carboxylic acids is 1. The Morgan fingerprint density at radius 3 is 2.67 bits per heavy atom. The maximum Gasteiger partial charge on any atom is 0.411 e. The van der Waals surface area contributed by atoms with Gasteiger partial charge in [0.1, 0.15) is 24.0 Å². The monoisotopic (exact) mass is 415 g/mol. The van der Waals surface area contributed by atoms with Crippen molar-refractivity contribution in [2.24, 2.45) is 0 Å². The zero-order chi connectivity index (χ0) is 21.2. The third kappa shape index (κ3) is 6.78. The highest BCUT2D eigenvalue weighted by Gasteiger charge is 2.10. The van der Waals surface area contributed by atoms with Crippen LogP contribution in [0, 0.1) is 0 Å². The van der Waals surface area contributed by atoms with Crippen LogP contribution in [0.25, 0.3) is 0 Å². The van der Waals surface area contributed by atoms with Crippen molar-refractivity contribution in [3.05, 3.63) is 42.0 Å². The van der Waals surface area contributed by atoms with Gasteiger partial charge in [0, 0.05) is 26.2 Å². The highest BCUT2D eigenvalue weighted by molar-refractivity contribution is 5.88. The largest absolute Gasteiger partial charge is 0.492 e. The van der Waals surface area contributed by atoms with Crippen LogP contribution in [0.4, 0.5) is 22.1 Å². The molecule has 0 radical (unpaired) electrons. The number of hydrogen-bond donors (Lipinski definition) is 3. The lowest BCUT2D eigenvalue weighted by molar-refractivity contribution is 0.0322. The number of nitrogens with zero attached hydrogens (tertiary/aromatic N) is 2. The zero-order valence-electron chi connectivity index (χ0n) is 17.2. The van der Waals surface area contributed by atoms with Crippen molar-refractivity contribution in [1.82, 2.24) is 9.88 Å². The number of pyridine rings is 1. The second-order valence-electron chi connectivity index (χ2n) is 6.77. The Bertz CT molecular complexity index is 810. The Labute approximate surface area is 176 Å². The van der Waals surface area contributed by atoms with E-state index in [1.54, 1.807) is 19.1 Å². The molecule has 0 bridgehead atoms. The maximum atomic E-state index is 11.5. The van der Waals surface area contributed by atoms with E-state index in [0.29, 0.717) is 24.7 Å². The van der Waals surface area contributed by atoms with Crippen LogP contribution in [0.2, 0.25) is 0 Å². The van der Waals surface area contributed by atoms with Crippen LogP contribution >= 0.6 is 0 Å². The van der Waals surface area contributed by atoms with Crippen LogP contribution < -0.4 is 21.1 Å². The molecule has 0 saturated carbocycles. The van der Waals surface area contributed by atoms with Gasteiger partial charge in [0.05, 0.1) is 25.5 Å². The van der Waals surface area contributed by atoms with Gasteiger partial charge in [0.25, 0.3) is 0 Å². The van der Waals surface area contributed by atoms with Crippen LogP contribution in [0.15, 0.2) is 36.4 Å². The topological polar surface area (TPSA) is 111 Å². The molecular weight excluding hydrogens is 386 g/mol. The van der Waals surface area contributed by atoms with Gasteiger partial charge in [-0.25, -0.2) is 9.78 Å². The molecule has 1 fully saturated rings. The van der Waals surface area contributed by atoms with Gasteiger partial charge in [0.2, 0.25) is 0 Å². The fourth-order valence-corrected chi connectivity index (χ4v) is 2.97. The molecule has 2 aromatic rings. The standard InChI is InChI=1S/C21H29N5O4/c1-2-29-21(27)24-18-7-8-19(25-20(18)22)23-15-16-3-5-17(6-4-16)30-14-11-26-9-12-28-13-10-26/h3-8H,2,9-15H2,1H3,(H,24,27)(H3,22,23,25). The minimum atomic E-state index is -0.557. The van der Waals surface area contributed by atoms with E-state index in [1.807, 2.05) is 24.3 Å². The van der Waals surface area contributed by atoms with E-state index in [-0.39, 0.29) is 12.4 Å². The minimum Gasteiger partial charge on any atom is -0.492 e. The number of nitrogens with two attached hydrogens (primary N) is 1. The molecule has 162 valence electrons. The van der Waals surface area contributed by atoms with Crippen LogP contribution in [0.1, 0.15) is 12.5 Å². The van der Waals surface area contributed by atoms with E-state index in [0.717, 1.165) is 44.2 Å². The predicted molar refractivity (Wildman–Crippen MR) is 116 cm³/mol. The molecule has 1 aromatic heterocycles. The number of anilines is 3. The molecular formula is C21H29N5O4. The number of aromatic nitrogens is 1. The number of hydrogen-bond acceptors (Lipinski definition) is 8. The summed E-state index contributed by atoms with van der Waals surface area (Å²) in [6.07, 6.45) is -0.557. The molecule has 1 amide bonds. The van der Waals surface area contributed by atoms with E-state index >= 15 is 0 Å². The number of amides is 1. The van der Waals surface area contributed by atoms with Gasteiger partial charge in [-0.05, 0) is 36.8 Å². The molecule has 0 spiro atoms. The zero-order valence-corrected chi connectivity index (χ0v) is 17.2. The summed E-state index contributed by atoms with van der Waals surface area (Å²) in [5, 5.41) is 5.78. The highest BCUT2D eigenvalue weighted by Crippen LogP contribution is 2.20. The third-order valence-electron chi connectivity index (χ3n) is 4.61. The summed E-state index contributed by atoms with van der Waals surface area (Å²) in [5.41, 5.74) is 7.41. The smallest absolute Gasteiger partial charge is 0.411 e. The molecule has 9 heteroatoms. The van der Waals surface area contributed by atoms with E-state index < -0.39 is 6.09 Å². The highest BCUT2D eigenvalue weighted by atomic mass is 16.5. The van der Waals surface area contributed by atoms with Gasteiger partial charge in [-0.1, -0.05) is 12.1 Å². The van der Waals surface area contributed by atoms with E-state index in [2.05, 4.69) is 20.5 Å². The van der Waals surface area contributed by atoms with Gasteiger partial charge >= 0.3 is 6.09 Å². The van der Waals surface area contributed by atoms with Gasteiger partial charge in [-0.15, -0.1) is 0 Å². The van der Waals surface area contributed by atoms with Crippen molar-refractivity contribution in [2.45, 2.75) is 13.5 Å². The van der Waals surface area contributed by atoms with Crippen molar-refractivity contribution < 1.29 is 19.0 Å². The van der Waals surface area contributed by atoms with E-state index in [1.165, 1.54) is 0 Å². The van der Waals surface area contributed by atoms with Gasteiger partial charge in [0.15, 0.2) is 0 Å². The molecule has 3 rings (SSSR count). The lowest BCUT2D eigenvalue weighted by atomic mass is 10.2. The number of benzene rings is 1. The van der Waals surface area contributed by atoms with Crippen LogP contribution in [0.5, 0.6) is 5.75 Å². The molecule has 1 aliphatic heterocycles. The quantitative estimate of drug-likeness (QED) is 0.573. The molecule has 1 aromatic carbocycles. The fraction of sp³-hybridized carbons (Fsp3) is 0.429. The number of nitrogen functional groups attached to an aromatic ring is 1. The Morgan fingerprint density at radius 1 is 1.20 bits per heavy atom. The minimum absolute atomic E-state index is 0.220. The first-order chi connectivity index (χ1) is 14.6. The second-order valence-corrected chi connectivity index (χ2v) is 6.77. The molecule has 30 heavy (non-hydrogen) atoms. The van der Waals surface area contributed by atoms with Crippen molar-refractivity contribution in [3.63, 3.8) is 0 Å². The van der Waals surface area contributed by atoms with Crippen molar-refractivity contribution in [1.29, 1.82) is 0 Å². The number of rotatable bonds is 9. The predicted octanol–water partition coefficient (Wildman–Crippen LogP) is 2.56. The van der Waals surface area contributed by atoms with Crippen LogP contribution in [-0.2, 0) is 16.0 Å². The first kappa shape index (κ1) is 21.7. The summed E-state index contributed by atoms with van der Waals surface area (Å²) in [5.74, 6) is 1.69. The summed E-state index contributed by atoms with van der Waals surface area (Å²) >= 11 is 0. The Balaban J connectivity index is 1.43. The third-order valence-corrected chi connectivity index (χ3v) is 4.61. The maximum absolute atomic E-state index is 11.5. The van der Waals surface area contributed by atoms with Gasteiger partial charge in [-0.3, -0.25) is 10.2 Å². The van der Waals surface area contributed by atoms with Crippen LogP contribution in [0.3, 0.4) is 0 Å². The summed E-state index contributed by atoms with van der Waals surface area (Å²) < 4.78 is 16.0. The first-order valence-corrected chi connectivity index (χ1v) is 10.1. The Morgan fingerprint density at radius 2 is 1.97 bits per heavy atom. The van der Waals surface area contributed by atoms with Crippen LogP contribution in [-0.4, -0.2) is 62.0 Å². The summed E-state index contributed by atoms with van der Waals surface area (Å²) in [6.45, 7) is 7.70. The number of ether oxygens (including phenoxy) is 3. The Hall–Kier alpha value is -3.04. The molecule has 1 saturated heterocycles. The molecule has 4 N–H and O–H groups in total. The first-order valence-electron chi connectivity index (χ1n) is 10.1. The van der Waals surface area contributed by atoms with Crippen molar-refractivity contribution in [2.75, 3.05) is 62.4 Å². The van der Waals surface area contributed by atoms with Crippen molar-refractivity contribution in [3.8, 4) is 5.75 Å². The average Bonchev–Trinajstić information content (AvgIpc) is 2.76. The SMILES string of the molecule is CCOC(=O)Nc1ccc(NCc2ccc(OCCN3CCOCC3)cc2)nc1N. The summed E-state index contributed by atoms with van der Waals surface area (Å²) in [4.78, 5) is 18.1. The lowest BCUT2D eigenvalue weighted by Gasteiger charge is -2.26.